The number of rotatable bonds is 6. The number of ether oxygens (including phenoxy) is 1. The molecular weight excluding hydrogens is 364 g/mol. The van der Waals surface area contributed by atoms with Crippen LogP contribution in [0, 0.1) is 0 Å². The van der Waals surface area contributed by atoms with E-state index in [0.717, 1.165) is 10.8 Å². The fourth-order valence-electron chi connectivity index (χ4n) is 2.51. The molecule has 0 unspecified atom stereocenters. The number of carbonyl (C=O) groups excluding carboxylic acids is 1. The topological polar surface area (TPSA) is 75.7 Å². The molecule has 0 bridgehead atoms. The molecule has 0 aliphatic heterocycles. The molecule has 1 N–H and O–H groups in total. The van der Waals surface area contributed by atoms with Crippen LogP contribution in [0.3, 0.4) is 0 Å². The van der Waals surface area contributed by atoms with Gasteiger partial charge in [-0.3, -0.25) is 9.52 Å². The van der Waals surface area contributed by atoms with Gasteiger partial charge in [-0.2, -0.15) is 0 Å². The van der Waals surface area contributed by atoms with Crippen LogP contribution in [0.15, 0.2) is 71.6 Å². The molecule has 0 spiro atoms. The summed E-state index contributed by atoms with van der Waals surface area (Å²) in [7, 11) is -0.469. The van der Waals surface area contributed by atoms with Gasteiger partial charge in [0.25, 0.3) is 15.9 Å². The molecule has 7 heteroatoms. The first-order valence-corrected chi connectivity index (χ1v) is 9.79. The third-order valence-electron chi connectivity index (χ3n) is 4.03. The second-order valence-electron chi connectivity index (χ2n) is 6.18. The number of hydrogen-bond acceptors (Lipinski definition) is 4. The first-order chi connectivity index (χ1) is 12.9. The maximum atomic E-state index is 12.7. The number of carbonyl (C=O) groups is 1. The Morgan fingerprint density at radius 3 is 2.33 bits per heavy atom. The van der Waals surface area contributed by atoms with E-state index < -0.39 is 10.0 Å². The molecule has 6 nitrogen and oxygen atoms in total. The molecule has 0 heterocycles. The first kappa shape index (κ1) is 18.7. The molecule has 0 saturated heterocycles. The van der Waals surface area contributed by atoms with E-state index in [-0.39, 0.29) is 17.4 Å². The Bertz CT molecular complexity index is 1060. The molecule has 3 aromatic carbocycles. The van der Waals surface area contributed by atoms with Crippen LogP contribution in [0.4, 0.5) is 5.69 Å². The van der Waals surface area contributed by atoms with Crippen molar-refractivity contribution in [1.82, 2.24) is 4.90 Å². The molecule has 1 amide bonds. The third-order valence-corrected chi connectivity index (χ3v) is 5.41. The van der Waals surface area contributed by atoms with Crippen LogP contribution in [0.25, 0.3) is 10.8 Å². The molecule has 0 atom stereocenters. The van der Waals surface area contributed by atoms with Crippen molar-refractivity contribution in [3.05, 3.63) is 66.7 Å². The lowest BCUT2D eigenvalue weighted by Gasteiger charge is -2.13. The van der Waals surface area contributed by atoms with Gasteiger partial charge in [0.05, 0.1) is 10.6 Å². The van der Waals surface area contributed by atoms with E-state index in [9.17, 15) is 13.2 Å². The number of benzene rings is 3. The van der Waals surface area contributed by atoms with E-state index in [0.29, 0.717) is 11.4 Å². The molecule has 0 aliphatic rings. The minimum atomic E-state index is -3.75. The molecular formula is C20H20N2O4S. The van der Waals surface area contributed by atoms with Gasteiger partial charge >= 0.3 is 0 Å². The van der Waals surface area contributed by atoms with Gasteiger partial charge in [-0.15, -0.1) is 0 Å². The Balaban J connectivity index is 1.78. The number of amides is 1. The van der Waals surface area contributed by atoms with Gasteiger partial charge in [0.15, 0.2) is 6.61 Å². The molecule has 140 valence electrons. The average Bonchev–Trinajstić information content (AvgIpc) is 2.66. The number of nitrogens with zero attached hydrogens (tertiary/aromatic N) is 1. The highest BCUT2D eigenvalue weighted by atomic mass is 32.2. The number of hydrogen-bond donors (Lipinski definition) is 1. The number of likely N-dealkylation sites (N-methyl/N-ethyl adjacent to an activating group) is 1. The smallest absolute Gasteiger partial charge is 0.261 e. The van der Waals surface area contributed by atoms with Crippen molar-refractivity contribution < 1.29 is 17.9 Å². The monoisotopic (exact) mass is 384 g/mol. The third kappa shape index (κ3) is 4.38. The lowest BCUT2D eigenvalue weighted by molar-refractivity contribution is -0.130. The van der Waals surface area contributed by atoms with Gasteiger partial charge in [-0.1, -0.05) is 36.4 Å². The lowest BCUT2D eigenvalue weighted by atomic mass is 10.1. The van der Waals surface area contributed by atoms with Crippen LogP contribution in [0.1, 0.15) is 0 Å². The number of nitrogens with one attached hydrogen (secondary N) is 1. The summed E-state index contributed by atoms with van der Waals surface area (Å²) < 4.78 is 33.4. The van der Waals surface area contributed by atoms with Crippen molar-refractivity contribution in [2.24, 2.45) is 0 Å². The van der Waals surface area contributed by atoms with Crippen molar-refractivity contribution >= 4 is 32.4 Å². The molecule has 0 saturated carbocycles. The highest BCUT2D eigenvalue weighted by molar-refractivity contribution is 7.92. The summed E-state index contributed by atoms with van der Waals surface area (Å²) in [5, 5.41) is 1.78. The van der Waals surface area contributed by atoms with Crippen molar-refractivity contribution in [2.45, 2.75) is 4.90 Å². The van der Waals surface area contributed by atoms with E-state index in [1.54, 1.807) is 26.2 Å². The molecule has 27 heavy (non-hydrogen) atoms. The fraction of sp³-hybridized carbons (Fsp3) is 0.150. The van der Waals surface area contributed by atoms with Crippen LogP contribution in [0.2, 0.25) is 0 Å². The molecule has 0 aliphatic carbocycles. The van der Waals surface area contributed by atoms with Gasteiger partial charge in [-0.25, -0.2) is 8.42 Å². The van der Waals surface area contributed by atoms with Crippen molar-refractivity contribution in [1.29, 1.82) is 0 Å². The maximum Gasteiger partial charge on any atom is 0.261 e. The van der Waals surface area contributed by atoms with Gasteiger partial charge < -0.3 is 9.64 Å². The highest BCUT2D eigenvalue weighted by Crippen LogP contribution is 2.26. The zero-order valence-corrected chi connectivity index (χ0v) is 15.9. The van der Waals surface area contributed by atoms with Gasteiger partial charge in [0, 0.05) is 19.5 Å². The van der Waals surface area contributed by atoms with Gasteiger partial charge in [-0.05, 0) is 35.7 Å². The molecule has 3 rings (SSSR count). The van der Waals surface area contributed by atoms with E-state index >= 15 is 0 Å². The number of fused-ring (bicyclic) bond motifs is 1. The van der Waals surface area contributed by atoms with Crippen LogP contribution in [-0.4, -0.2) is 39.9 Å². The summed E-state index contributed by atoms with van der Waals surface area (Å²) in [4.78, 5) is 13.1. The summed E-state index contributed by atoms with van der Waals surface area (Å²) in [6.45, 7) is -0.104. The summed E-state index contributed by atoms with van der Waals surface area (Å²) in [6, 6.07) is 19.0. The number of sulfonamides is 1. The maximum absolute atomic E-state index is 12.7. The van der Waals surface area contributed by atoms with Gasteiger partial charge in [0.2, 0.25) is 0 Å². The largest absolute Gasteiger partial charge is 0.484 e. The van der Waals surface area contributed by atoms with Crippen LogP contribution in [-0.2, 0) is 14.8 Å². The van der Waals surface area contributed by atoms with Crippen LogP contribution < -0.4 is 9.46 Å². The van der Waals surface area contributed by atoms with Crippen molar-refractivity contribution in [3.63, 3.8) is 0 Å². The first-order valence-electron chi connectivity index (χ1n) is 8.30. The lowest BCUT2D eigenvalue weighted by Crippen LogP contribution is -2.27. The van der Waals surface area contributed by atoms with Crippen LogP contribution >= 0.6 is 0 Å². The van der Waals surface area contributed by atoms with Crippen LogP contribution in [0.5, 0.6) is 5.75 Å². The molecule has 3 aromatic rings. The second kappa shape index (κ2) is 7.67. The summed E-state index contributed by atoms with van der Waals surface area (Å²) in [6.07, 6.45) is 0. The Hall–Kier alpha value is -3.06. The molecule has 0 fully saturated rings. The summed E-state index contributed by atoms with van der Waals surface area (Å²) in [5.41, 5.74) is 0.519. The zero-order chi connectivity index (χ0) is 19.4. The van der Waals surface area contributed by atoms with Crippen molar-refractivity contribution in [2.75, 3.05) is 25.4 Å². The minimum Gasteiger partial charge on any atom is -0.484 e. The summed E-state index contributed by atoms with van der Waals surface area (Å²) >= 11 is 0. The second-order valence-corrected chi connectivity index (χ2v) is 7.86. The van der Waals surface area contributed by atoms with Crippen molar-refractivity contribution in [3.8, 4) is 5.75 Å². The SMILES string of the molecule is CN(C)C(=O)COc1ccc(S(=O)(=O)Nc2cccc3ccccc23)cc1. The quantitative estimate of drug-likeness (QED) is 0.709. The molecule has 0 radical (unpaired) electrons. The Kier molecular flexibility index (Phi) is 5.32. The van der Waals surface area contributed by atoms with Gasteiger partial charge in [0.1, 0.15) is 5.75 Å². The Morgan fingerprint density at radius 2 is 1.63 bits per heavy atom. The average molecular weight is 384 g/mol. The Labute approximate surface area is 158 Å². The minimum absolute atomic E-state index is 0.104. The predicted molar refractivity (Wildman–Crippen MR) is 105 cm³/mol. The normalized spacial score (nSPS) is 11.2. The van der Waals surface area contributed by atoms with E-state index in [1.807, 2.05) is 30.3 Å². The standard InChI is InChI=1S/C20H20N2O4S/c1-22(2)20(23)14-26-16-10-12-17(13-11-16)27(24,25)21-19-9-5-7-15-6-3-4-8-18(15)19/h3-13,21H,14H2,1-2H3. The molecule has 0 aromatic heterocycles. The summed E-state index contributed by atoms with van der Waals surface area (Å²) in [5.74, 6) is 0.249. The van der Waals surface area contributed by atoms with E-state index in [4.69, 9.17) is 4.74 Å². The zero-order valence-electron chi connectivity index (χ0n) is 15.0. The Morgan fingerprint density at radius 1 is 0.963 bits per heavy atom. The number of anilines is 1. The fourth-order valence-corrected chi connectivity index (χ4v) is 3.59. The highest BCUT2D eigenvalue weighted by Gasteiger charge is 2.16. The predicted octanol–water partition coefficient (Wildman–Crippen LogP) is 3.11. The van der Waals surface area contributed by atoms with E-state index in [1.165, 1.54) is 29.2 Å². The van der Waals surface area contributed by atoms with E-state index in [2.05, 4.69) is 4.72 Å².